The smallest absolute Gasteiger partial charge is 0.287 e. The molecule has 0 bridgehead atoms. The summed E-state index contributed by atoms with van der Waals surface area (Å²) in [6.45, 7) is 6.21. The summed E-state index contributed by atoms with van der Waals surface area (Å²) in [4.78, 5) is 4.18. The molecule has 6 heteroatoms. The molecule has 0 radical (unpaired) electrons. The number of hydrogen-bond acceptors (Lipinski definition) is 5. The Hall–Kier alpha value is -1.26. The third-order valence-electron chi connectivity index (χ3n) is 2.37. The molecule has 21 heavy (non-hydrogen) atoms. The van der Waals surface area contributed by atoms with Crippen molar-refractivity contribution < 1.29 is 18.1 Å². The summed E-state index contributed by atoms with van der Waals surface area (Å²) < 4.78 is 25.8. The highest BCUT2D eigenvalue weighted by atomic mass is 31.2. The average Bonchev–Trinajstić information content (AvgIpc) is 2.49. The molecule has 1 aromatic carbocycles. The third kappa shape index (κ3) is 6.36. The molecule has 5 nitrogen and oxygen atoms in total. The number of para-hydroxylation sites is 1. The van der Waals surface area contributed by atoms with Crippen LogP contribution in [-0.4, -0.2) is 24.8 Å². The van der Waals surface area contributed by atoms with Gasteiger partial charge < -0.3 is 0 Å². The van der Waals surface area contributed by atoms with Crippen LogP contribution >= 0.6 is 7.82 Å². The van der Waals surface area contributed by atoms with Crippen molar-refractivity contribution in [3.8, 4) is 0 Å². The van der Waals surface area contributed by atoms with E-state index < -0.39 is 7.82 Å². The zero-order valence-electron chi connectivity index (χ0n) is 12.7. The van der Waals surface area contributed by atoms with Gasteiger partial charge in [-0.3, -0.25) is 18.6 Å². The number of rotatable bonds is 6. The van der Waals surface area contributed by atoms with E-state index in [2.05, 4.69) is 17.1 Å². The van der Waals surface area contributed by atoms with Crippen LogP contribution in [0.1, 0.15) is 20.8 Å². The van der Waals surface area contributed by atoms with Crippen molar-refractivity contribution in [3.63, 3.8) is 0 Å². The molecule has 1 heterocycles. The van der Waals surface area contributed by atoms with Gasteiger partial charge in [0.25, 0.3) is 0 Å². The molecular formula is C15H22NO4P. The lowest BCUT2D eigenvalue weighted by Crippen LogP contribution is -1.99. The van der Waals surface area contributed by atoms with Gasteiger partial charge in [0.2, 0.25) is 0 Å². The summed E-state index contributed by atoms with van der Waals surface area (Å²) >= 11 is 0. The van der Waals surface area contributed by atoms with Crippen LogP contribution in [0.15, 0.2) is 42.6 Å². The van der Waals surface area contributed by atoms with Crippen molar-refractivity contribution in [3.05, 3.63) is 42.6 Å². The highest BCUT2D eigenvalue weighted by Gasteiger charge is 2.23. The second-order valence-corrected chi connectivity index (χ2v) is 5.57. The fraction of sp³-hybridized carbons (Fsp3) is 0.400. The Morgan fingerprint density at radius 2 is 1.43 bits per heavy atom. The van der Waals surface area contributed by atoms with Crippen molar-refractivity contribution in [2.24, 2.45) is 0 Å². The minimum atomic E-state index is -3.22. The summed E-state index contributed by atoms with van der Waals surface area (Å²) in [6, 6.07) is 12.1. The fourth-order valence-corrected chi connectivity index (χ4v) is 2.77. The van der Waals surface area contributed by atoms with Crippen molar-refractivity contribution in [2.45, 2.75) is 20.8 Å². The molecule has 1 aromatic heterocycles. The summed E-state index contributed by atoms with van der Waals surface area (Å²) in [6.07, 6.45) is 1.81. The van der Waals surface area contributed by atoms with E-state index in [0.717, 1.165) is 5.52 Å². The minimum absolute atomic E-state index is 0.331. The second-order valence-electron chi connectivity index (χ2n) is 3.90. The van der Waals surface area contributed by atoms with E-state index in [-0.39, 0.29) is 0 Å². The van der Waals surface area contributed by atoms with E-state index >= 15 is 0 Å². The number of hydrogen-bond donors (Lipinski definition) is 0. The molecule has 0 atom stereocenters. The first kappa shape index (κ1) is 17.8. The lowest BCUT2D eigenvalue weighted by molar-refractivity contribution is 0.126. The zero-order chi connectivity index (χ0) is 15.6. The number of phosphoric acid groups is 1. The maximum atomic E-state index is 11.3. The monoisotopic (exact) mass is 311 g/mol. The SMILES string of the molecule is CCOP(=O)(OCC)OCC.c1ccc2ncccc2c1. The van der Waals surface area contributed by atoms with Crippen LogP contribution in [0.4, 0.5) is 0 Å². The molecule has 116 valence electrons. The third-order valence-corrected chi connectivity index (χ3v) is 4.10. The van der Waals surface area contributed by atoms with Crippen LogP contribution in [0.3, 0.4) is 0 Å². The Morgan fingerprint density at radius 3 is 1.95 bits per heavy atom. The molecule has 0 aliphatic heterocycles. The molecule has 0 amide bonds. The Labute approximate surface area is 125 Å². The number of benzene rings is 1. The summed E-state index contributed by atoms with van der Waals surface area (Å²) in [5.41, 5.74) is 1.06. The van der Waals surface area contributed by atoms with E-state index in [1.54, 1.807) is 20.8 Å². The highest BCUT2D eigenvalue weighted by molar-refractivity contribution is 7.48. The quantitative estimate of drug-likeness (QED) is 0.738. The first-order valence-corrected chi connectivity index (χ1v) is 8.44. The van der Waals surface area contributed by atoms with Crippen LogP contribution in [0.25, 0.3) is 10.9 Å². The maximum Gasteiger partial charge on any atom is 0.474 e. The number of nitrogens with zero attached hydrogens (tertiary/aromatic N) is 1. The Kier molecular flexibility index (Phi) is 8.16. The van der Waals surface area contributed by atoms with Gasteiger partial charge in [-0.15, -0.1) is 0 Å². The van der Waals surface area contributed by atoms with Crippen LogP contribution in [0.2, 0.25) is 0 Å². The van der Waals surface area contributed by atoms with E-state index in [0.29, 0.717) is 19.8 Å². The molecule has 0 spiro atoms. The van der Waals surface area contributed by atoms with Gasteiger partial charge in [0.15, 0.2) is 0 Å². The summed E-state index contributed by atoms with van der Waals surface area (Å²) in [5.74, 6) is 0. The topological polar surface area (TPSA) is 57.7 Å². The largest absolute Gasteiger partial charge is 0.474 e. The number of phosphoric ester groups is 1. The Morgan fingerprint density at radius 1 is 0.905 bits per heavy atom. The molecule has 0 saturated heterocycles. The molecule has 2 rings (SSSR count). The van der Waals surface area contributed by atoms with Gasteiger partial charge in [0.05, 0.1) is 25.3 Å². The van der Waals surface area contributed by atoms with Gasteiger partial charge in [0.1, 0.15) is 0 Å². The molecule has 0 saturated carbocycles. The van der Waals surface area contributed by atoms with Gasteiger partial charge in [0, 0.05) is 11.6 Å². The van der Waals surface area contributed by atoms with Crippen LogP contribution < -0.4 is 0 Å². The molecule has 0 N–H and O–H groups in total. The van der Waals surface area contributed by atoms with Gasteiger partial charge in [-0.05, 0) is 32.9 Å². The molecule has 0 aliphatic carbocycles. The van der Waals surface area contributed by atoms with E-state index in [9.17, 15) is 4.57 Å². The Balaban J connectivity index is 0.000000210. The van der Waals surface area contributed by atoms with Crippen LogP contribution in [0.5, 0.6) is 0 Å². The molecule has 2 aromatic rings. The molecule has 0 aliphatic rings. The van der Waals surface area contributed by atoms with Crippen LogP contribution in [0, 0.1) is 0 Å². The second kappa shape index (κ2) is 9.64. The van der Waals surface area contributed by atoms with Gasteiger partial charge in [-0.25, -0.2) is 4.57 Å². The van der Waals surface area contributed by atoms with Crippen molar-refractivity contribution >= 4 is 18.7 Å². The highest BCUT2D eigenvalue weighted by Crippen LogP contribution is 2.48. The zero-order valence-corrected chi connectivity index (χ0v) is 13.6. The van der Waals surface area contributed by atoms with Gasteiger partial charge in [-0.2, -0.15) is 0 Å². The number of pyridine rings is 1. The van der Waals surface area contributed by atoms with Gasteiger partial charge >= 0.3 is 7.82 Å². The first-order chi connectivity index (χ1) is 10.1. The minimum Gasteiger partial charge on any atom is -0.287 e. The Bertz CT molecular complexity index is 487. The lowest BCUT2D eigenvalue weighted by Gasteiger charge is -2.14. The molecule has 0 fully saturated rings. The van der Waals surface area contributed by atoms with E-state index in [1.807, 2.05) is 30.5 Å². The normalized spacial score (nSPS) is 11.0. The summed E-state index contributed by atoms with van der Waals surface area (Å²) in [7, 11) is -3.22. The standard InChI is InChI=1S/C9H7N.C6H15O4P/c1-2-6-9-8(4-1)5-3-7-10-9;1-4-8-11(7,9-5-2)10-6-3/h1-7H;4-6H2,1-3H3. The maximum absolute atomic E-state index is 11.3. The molecule has 0 unspecified atom stereocenters. The first-order valence-electron chi connectivity index (χ1n) is 6.98. The van der Waals surface area contributed by atoms with Crippen molar-refractivity contribution in [2.75, 3.05) is 19.8 Å². The van der Waals surface area contributed by atoms with Crippen molar-refractivity contribution in [1.29, 1.82) is 0 Å². The average molecular weight is 311 g/mol. The van der Waals surface area contributed by atoms with Crippen molar-refractivity contribution in [1.82, 2.24) is 4.98 Å². The number of aromatic nitrogens is 1. The predicted octanol–water partition coefficient (Wildman–Crippen LogP) is 4.44. The molecular weight excluding hydrogens is 289 g/mol. The summed E-state index contributed by atoms with van der Waals surface area (Å²) in [5, 5.41) is 1.20. The van der Waals surface area contributed by atoms with Crippen LogP contribution in [-0.2, 0) is 18.1 Å². The lowest BCUT2D eigenvalue weighted by atomic mass is 10.2. The fourth-order valence-electron chi connectivity index (χ4n) is 1.60. The predicted molar refractivity (Wildman–Crippen MR) is 84.2 cm³/mol. The van der Waals surface area contributed by atoms with E-state index in [1.165, 1.54) is 5.39 Å². The van der Waals surface area contributed by atoms with E-state index in [4.69, 9.17) is 13.6 Å². The number of fused-ring (bicyclic) bond motifs is 1. The van der Waals surface area contributed by atoms with Gasteiger partial charge in [-0.1, -0.05) is 24.3 Å².